The fourth-order valence-corrected chi connectivity index (χ4v) is 3.27. The molecule has 18 heavy (non-hydrogen) atoms. The molecule has 0 aliphatic rings. The third kappa shape index (κ3) is 3.33. The van der Waals surface area contributed by atoms with Crippen molar-refractivity contribution in [2.75, 3.05) is 0 Å². The molecular formula is C11H10Br3N3O. The molecule has 0 aliphatic heterocycles. The van der Waals surface area contributed by atoms with Gasteiger partial charge in [0.05, 0.1) is 15.1 Å². The third-order valence-corrected chi connectivity index (χ3v) is 4.05. The molecule has 0 fully saturated rings. The van der Waals surface area contributed by atoms with Crippen LogP contribution >= 0.6 is 47.8 Å². The molecule has 0 radical (unpaired) electrons. The van der Waals surface area contributed by atoms with Crippen molar-refractivity contribution in [1.29, 1.82) is 0 Å². The van der Waals surface area contributed by atoms with Crippen LogP contribution in [0.25, 0.3) is 0 Å². The first kappa shape index (κ1) is 14.0. The number of benzene rings is 1. The van der Waals surface area contributed by atoms with E-state index in [1.165, 1.54) is 5.56 Å². The minimum Gasteiger partial charge on any atom is -0.485 e. The summed E-state index contributed by atoms with van der Waals surface area (Å²) in [5.74, 6) is 0.769. The van der Waals surface area contributed by atoms with Crippen molar-refractivity contribution in [2.45, 2.75) is 11.9 Å². The number of halogens is 3. The summed E-state index contributed by atoms with van der Waals surface area (Å²) in [5, 5.41) is 8.63. The van der Waals surface area contributed by atoms with Crippen LogP contribution in [0.2, 0.25) is 0 Å². The lowest BCUT2D eigenvalue weighted by atomic mass is 10.2. The van der Waals surface area contributed by atoms with Crippen molar-refractivity contribution in [2.24, 2.45) is 7.05 Å². The summed E-state index contributed by atoms with van der Waals surface area (Å²) < 4.78 is 9.22. The molecule has 2 rings (SSSR count). The van der Waals surface area contributed by atoms with E-state index in [0.717, 1.165) is 25.7 Å². The number of aryl methyl sites for hydroxylation is 1. The van der Waals surface area contributed by atoms with Gasteiger partial charge < -0.3 is 4.74 Å². The van der Waals surface area contributed by atoms with Crippen LogP contribution in [0.4, 0.5) is 0 Å². The molecule has 1 heterocycles. The van der Waals surface area contributed by atoms with Crippen molar-refractivity contribution in [3.8, 4) is 5.75 Å². The maximum atomic E-state index is 5.74. The predicted molar refractivity (Wildman–Crippen MR) is 79.8 cm³/mol. The summed E-state index contributed by atoms with van der Waals surface area (Å²) in [5.41, 5.74) is 1.96. The molecule has 0 unspecified atom stereocenters. The summed E-state index contributed by atoms with van der Waals surface area (Å²) in [6, 6.07) is 4.04. The van der Waals surface area contributed by atoms with Crippen molar-refractivity contribution in [3.63, 3.8) is 0 Å². The second-order valence-corrected chi connectivity index (χ2v) is 5.96. The van der Waals surface area contributed by atoms with Crippen LogP contribution in [-0.4, -0.2) is 15.0 Å². The molecule has 1 aromatic heterocycles. The number of aromatic nitrogens is 3. The van der Waals surface area contributed by atoms with E-state index in [0.29, 0.717) is 6.61 Å². The van der Waals surface area contributed by atoms with Crippen LogP contribution in [-0.2, 0) is 19.0 Å². The molecule has 96 valence electrons. The summed E-state index contributed by atoms with van der Waals surface area (Å²) >= 11 is 10.4. The minimum atomic E-state index is 0.388. The predicted octanol–water partition coefficient (Wildman–Crippen LogP) is 3.81. The quantitative estimate of drug-likeness (QED) is 0.680. The molecule has 0 N–H and O–H groups in total. The number of hydrogen-bond acceptors (Lipinski definition) is 3. The maximum Gasteiger partial charge on any atom is 0.148 e. The number of alkyl halides is 1. The molecule has 0 amide bonds. The van der Waals surface area contributed by atoms with Gasteiger partial charge in [-0.2, -0.15) is 0 Å². The van der Waals surface area contributed by atoms with E-state index >= 15 is 0 Å². The van der Waals surface area contributed by atoms with E-state index in [1.807, 2.05) is 25.4 Å². The van der Waals surface area contributed by atoms with Crippen LogP contribution < -0.4 is 4.74 Å². The lowest BCUT2D eigenvalue weighted by Crippen LogP contribution is -1.98. The van der Waals surface area contributed by atoms with Crippen LogP contribution in [0.5, 0.6) is 5.75 Å². The molecule has 0 saturated heterocycles. The monoisotopic (exact) mass is 437 g/mol. The van der Waals surface area contributed by atoms with Crippen LogP contribution in [0.3, 0.4) is 0 Å². The van der Waals surface area contributed by atoms with Gasteiger partial charge in [-0.15, -0.1) is 5.10 Å². The zero-order valence-corrected chi connectivity index (χ0v) is 14.3. The fraction of sp³-hybridized carbons (Fsp3) is 0.273. The molecule has 0 atom stereocenters. The molecule has 0 bridgehead atoms. The third-order valence-electron chi connectivity index (χ3n) is 2.23. The standard InChI is InChI=1S/C11H10Br3N3O/c1-17-5-8(15-16-17)6-18-11-9(13)2-7(4-12)3-10(11)14/h2-3,5H,4,6H2,1H3. The molecule has 0 saturated carbocycles. The summed E-state index contributed by atoms with van der Waals surface area (Å²) in [4.78, 5) is 0. The highest BCUT2D eigenvalue weighted by Gasteiger charge is 2.10. The Morgan fingerprint density at radius 2 is 1.94 bits per heavy atom. The van der Waals surface area contributed by atoms with Gasteiger partial charge in [0.2, 0.25) is 0 Å². The highest BCUT2D eigenvalue weighted by molar-refractivity contribution is 9.11. The first-order chi connectivity index (χ1) is 8.60. The molecule has 0 aliphatic carbocycles. The topological polar surface area (TPSA) is 39.9 Å². The van der Waals surface area contributed by atoms with Gasteiger partial charge in [-0.05, 0) is 49.6 Å². The molecule has 0 spiro atoms. The Bertz CT molecular complexity index is 533. The molecule has 4 nitrogen and oxygen atoms in total. The molecule has 7 heteroatoms. The number of nitrogens with zero attached hydrogens (tertiary/aromatic N) is 3. The molecule has 2 aromatic rings. The lowest BCUT2D eigenvalue weighted by Gasteiger charge is -2.10. The number of hydrogen-bond donors (Lipinski definition) is 0. The minimum absolute atomic E-state index is 0.388. The van der Waals surface area contributed by atoms with Crippen molar-refractivity contribution in [1.82, 2.24) is 15.0 Å². The SMILES string of the molecule is Cn1cc(COc2c(Br)cc(CBr)cc2Br)nn1. The lowest BCUT2D eigenvalue weighted by molar-refractivity contribution is 0.297. The van der Waals surface area contributed by atoms with E-state index < -0.39 is 0 Å². The Kier molecular flexibility index (Phi) is 4.80. The number of rotatable bonds is 4. The Morgan fingerprint density at radius 1 is 1.28 bits per heavy atom. The van der Waals surface area contributed by atoms with E-state index in [9.17, 15) is 0 Å². The van der Waals surface area contributed by atoms with Crippen molar-refractivity contribution < 1.29 is 4.74 Å². The molecule has 1 aromatic carbocycles. The number of ether oxygens (including phenoxy) is 1. The largest absolute Gasteiger partial charge is 0.485 e. The van der Waals surface area contributed by atoms with E-state index in [4.69, 9.17) is 4.74 Å². The second kappa shape index (κ2) is 6.16. The summed E-state index contributed by atoms with van der Waals surface area (Å²) in [6.45, 7) is 0.388. The fourth-order valence-electron chi connectivity index (χ4n) is 1.43. The van der Waals surface area contributed by atoms with Crippen LogP contribution in [0.15, 0.2) is 27.3 Å². The zero-order valence-electron chi connectivity index (χ0n) is 9.53. The van der Waals surface area contributed by atoms with Crippen molar-refractivity contribution in [3.05, 3.63) is 38.5 Å². The Morgan fingerprint density at radius 3 is 2.44 bits per heavy atom. The Labute approximate surface area is 130 Å². The smallest absolute Gasteiger partial charge is 0.148 e. The van der Waals surface area contributed by atoms with Gasteiger partial charge in [0.1, 0.15) is 18.1 Å². The zero-order chi connectivity index (χ0) is 13.1. The average Bonchev–Trinajstić information content (AvgIpc) is 2.73. The van der Waals surface area contributed by atoms with Crippen LogP contribution in [0, 0.1) is 0 Å². The first-order valence-electron chi connectivity index (χ1n) is 5.12. The van der Waals surface area contributed by atoms with Gasteiger partial charge in [0.25, 0.3) is 0 Å². The first-order valence-corrected chi connectivity index (χ1v) is 7.82. The van der Waals surface area contributed by atoms with Gasteiger partial charge in [0.15, 0.2) is 0 Å². The summed E-state index contributed by atoms with van der Waals surface area (Å²) in [7, 11) is 1.83. The van der Waals surface area contributed by atoms with E-state index in [1.54, 1.807) is 4.68 Å². The van der Waals surface area contributed by atoms with Gasteiger partial charge in [-0.3, -0.25) is 4.68 Å². The van der Waals surface area contributed by atoms with Gasteiger partial charge in [-0.25, -0.2) is 0 Å². The normalized spacial score (nSPS) is 10.7. The van der Waals surface area contributed by atoms with Crippen molar-refractivity contribution >= 4 is 47.8 Å². The van der Waals surface area contributed by atoms with Gasteiger partial charge in [-0.1, -0.05) is 21.1 Å². The highest BCUT2D eigenvalue weighted by Crippen LogP contribution is 2.35. The molecular weight excluding hydrogens is 430 g/mol. The Balaban J connectivity index is 2.14. The Hall–Kier alpha value is -0.400. The highest BCUT2D eigenvalue weighted by atomic mass is 79.9. The summed E-state index contributed by atoms with van der Waals surface area (Å²) in [6.07, 6.45) is 1.83. The van der Waals surface area contributed by atoms with Gasteiger partial charge >= 0.3 is 0 Å². The van der Waals surface area contributed by atoms with Gasteiger partial charge in [0, 0.05) is 12.4 Å². The second-order valence-electron chi connectivity index (χ2n) is 3.69. The van der Waals surface area contributed by atoms with E-state index in [2.05, 4.69) is 58.1 Å². The van der Waals surface area contributed by atoms with Crippen LogP contribution in [0.1, 0.15) is 11.3 Å². The maximum absolute atomic E-state index is 5.74. The average molecular weight is 440 g/mol. The van der Waals surface area contributed by atoms with E-state index in [-0.39, 0.29) is 0 Å².